The quantitative estimate of drug-likeness (QED) is 0.449. The number of rotatable bonds is 4. The molecule has 1 aliphatic rings. The van der Waals surface area contributed by atoms with E-state index in [0.29, 0.717) is 13.0 Å². The van der Waals surface area contributed by atoms with Gasteiger partial charge in [0.25, 0.3) is 0 Å². The summed E-state index contributed by atoms with van der Waals surface area (Å²) in [6.45, 7) is 4.70. The van der Waals surface area contributed by atoms with E-state index < -0.39 is 5.38 Å². The summed E-state index contributed by atoms with van der Waals surface area (Å²) >= 11 is 6.01. The predicted molar refractivity (Wildman–Crippen MR) is 83.8 cm³/mol. The largest absolute Gasteiger partial charge is 0.481 e. The Morgan fingerprint density at radius 1 is 1.55 bits per heavy atom. The van der Waals surface area contributed by atoms with Crippen molar-refractivity contribution in [2.24, 2.45) is 0 Å². The number of terminal acetylenes is 1. The normalized spacial score (nSPS) is 17.4. The van der Waals surface area contributed by atoms with Gasteiger partial charge >= 0.3 is 0 Å². The average Bonchev–Trinajstić information content (AvgIpc) is 2.48. The van der Waals surface area contributed by atoms with E-state index in [0.717, 1.165) is 22.6 Å². The topological polar surface area (TPSA) is 29.5 Å². The van der Waals surface area contributed by atoms with Crippen molar-refractivity contribution < 1.29 is 42.2 Å². The molecule has 0 N–H and O–H groups in total. The summed E-state index contributed by atoms with van der Waals surface area (Å²) in [5.74, 6) is 3.08. The van der Waals surface area contributed by atoms with Gasteiger partial charge in [0.2, 0.25) is 5.91 Å². The number of alkyl halides is 1. The van der Waals surface area contributed by atoms with Gasteiger partial charge in [-0.05, 0) is 19.1 Å². The standard InChI is InChI=1S/C17H17ClNO2.Y/c1-4-10-21-13-6-7-14(12(3)11-13)16-9-8-15(18)17(20)19(16)5-2;/h1,6-7,11,15H,5,8,10H2,2-3H3;/q-1;. The number of hydrogen-bond donors (Lipinski definition) is 0. The zero-order chi connectivity index (χ0) is 15.4. The second-order valence-corrected chi connectivity index (χ2v) is 5.28. The van der Waals surface area contributed by atoms with Gasteiger partial charge in [0.15, 0.2) is 0 Å². The van der Waals surface area contributed by atoms with Gasteiger partial charge in [-0.3, -0.25) is 4.79 Å². The third-order valence-corrected chi connectivity index (χ3v) is 3.68. The molecule has 1 aromatic carbocycles. The van der Waals surface area contributed by atoms with Crippen LogP contribution in [-0.4, -0.2) is 29.3 Å². The molecule has 0 saturated carbocycles. The van der Waals surface area contributed by atoms with Crippen LogP contribution in [0.5, 0.6) is 5.75 Å². The van der Waals surface area contributed by atoms with Gasteiger partial charge in [-0.25, -0.2) is 6.08 Å². The zero-order valence-electron chi connectivity index (χ0n) is 12.7. The van der Waals surface area contributed by atoms with Crippen LogP contribution in [0.3, 0.4) is 0 Å². The second-order valence-electron chi connectivity index (χ2n) is 4.75. The van der Waals surface area contributed by atoms with E-state index in [2.05, 4.69) is 12.0 Å². The smallest absolute Gasteiger partial charge is 0.241 e. The van der Waals surface area contributed by atoms with E-state index in [9.17, 15) is 4.79 Å². The summed E-state index contributed by atoms with van der Waals surface area (Å²) in [6.07, 6.45) is 8.85. The summed E-state index contributed by atoms with van der Waals surface area (Å²) in [6, 6.07) is 5.68. The number of hydrogen-bond acceptors (Lipinski definition) is 2. The molecule has 1 radical (unpaired) electrons. The minimum Gasteiger partial charge on any atom is -0.481 e. The van der Waals surface area contributed by atoms with E-state index in [1.54, 1.807) is 4.90 Å². The van der Waals surface area contributed by atoms with Gasteiger partial charge in [0, 0.05) is 39.3 Å². The van der Waals surface area contributed by atoms with E-state index >= 15 is 0 Å². The Bertz CT molecular complexity index is 622. The van der Waals surface area contributed by atoms with Crippen molar-refractivity contribution in [1.29, 1.82) is 0 Å². The van der Waals surface area contributed by atoms with Crippen molar-refractivity contribution in [3.63, 3.8) is 0 Å². The predicted octanol–water partition coefficient (Wildman–Crippen LogP) is 3.01. The third-order valence-electron chi connectivity index (χ3n) is 3.34. The Morgan fingerprint density at radius 3 is 2.86 bits per heavy atom. The van der Waals surface area contributed by atoms with Gasteiger partial charge < -0.3 is 9.64 Å². The first-order valence-corrected chi connectivity index (χ1v) is 7.25. The molecule has 0 aliphatic carbocycles. The summed E-state index contributed by atoms with van der Waals surface area (Å²) in [7, 11) is 0. The fraction of sp³-hybridized carbons (Fsp3) is 0.353. The Hall–Kier alpha value is -0.816. The number of nitrogens with zero attached hydrogens (tertiary/aromatic N) is 1. The molecule has 0 aromatic heterocycles. The van der Waals surface area contributed by atoms with Gasteiger partial charge in [0.05, 0.1) is 0 Å². The molecule has 1 unspecified atom stereocenters. The molecular weight excluding hydrogens is 375 g/mol. The van der Waals surface area contributed by atoms with Gasteiger partial charge in [0.1, 0.15) is 17.7 Å². The maximum Gasteiger partial charge on any atom is 0.241 e. The Kier molecular flexibility index (Phi) is 7.62. The number of benzene rings is 1. The first kappa shape index (κ1) is 19.2. The molecule has 1 amide bonds. The number of carbonyl (C=O) groups is 1. The Morgan fingerprint density at radius 2 is 2.27 bits per heavy atom. The monoisotopic (exact) mass is 391 g/mol. The summed E-state index contributed by atoms with van der Waals surface area (Å²) in [4.78, 5) is 13.8. The second kappa shape index (κ2) is 8.72. The number of carbonyl (C=O) groups excluding carboxylic acids is 1. The van der Waals surface area contributed by atoms with Crippen LogP contribution in [0.15, 0.2) is 18.2 Å². The van der Waals surface area contributed by atoms with Crippen molar-refractivity contribution in [2.45, 2.75) is 25.6 Å². The molecule has 1 aliphatic heterocycles. The van der Waals surface area contributed by atoms with E-state index in [-0.39, 0.29) is 45.2 Å². The summed E-state index contributed by atoms with van der Waals surface area (Å²) in [5.41, 5.74) is 2.76. The first-order valence-electron chi connectivity index (χ1n) is 6.82. The maximum atomic E-state index is 12.1. The molecule has 5 heteroatoms. The third kappa shape index (κ3) is 4.13. The summed E-state index contributed by atoms with van der Waals surface area (Å²) in [5, 5.41) is -0.521. The van der Waals surface area contributed by atoms with Crippen LogP contribution in [0.4, 0.5) is 0 Å². The van der Waals surface area contributed by atoms with Crippen LogP contribution in [0.2, 0.25) is 0 Å². The minimum absolute atomic E-state index is 0. The summed E-state index contributed by atoms with van der Waals surface area (Å²) < 4.78 is 5.40. The van der Waals surface area contributed by atoms with Crippen molar-refractivity contribution in [3.8, 4) is 18.1 Å². The van der Waals surface area contributed by atoms with E-state index in [1.165, 1.54) is 0 Å². The molecule has 0 fully saturated rings. The van der Waals surface area contributed by atoms with Gasteiger partial charge in [-0.2, -0.15) is 0 Å². The zero-order valence-corrected chi connectivity index (χ0v) is 16.3. The minimum atomic E-state index is -0.521. The van der Waals surface area contributed by atoms with Crippen LogP contribution in [0.25, 0.3) is 5.70 Å². The molecule has 1 heterocycles. The molecule has 0 spiro atoms. The van der Waals surface area contributed by atoms with Gasteiger partial charge in [-0.15, -0.1) is 40.9 Å². The molecule has 1 aromatic rings. The molecule has 3 nitrogen and oxygen atoms in total. The van der Waals surface area contributed by atoms with Crippen LogP contribution >= 0.6 is 11.6 Å². The van der Waals surface area contributed by atoms with Crippen LogP contribution in [0.1, 0.15) is 24.5 Å². The Balaban J connectivity index is 0.00000242. The number of halogens is 1. The number of amides is 1. The molecule has 2 rings (SSSR count). The molecule has 0 bridgehead atoms. The van der Waals surface area contributed by atoms with Crippen LogP contribution in [0, 0.1) is 25.3 Å². The Labute approximate surface area is 161 Å². The molecular formula is C17H17ClNO2Y-. The van der Waals surface area contributed by atoms with E-state index in [1.807, 2.05) is 32.0 Å². The van der Waals surface area contributed by atoms with Crippen molar-refractivity contribution in [3.05, 3.63) is 35.4 Å². The van der Waals surface area contributed by atoms with Crippen molar-refractivity contribution in [1.82, 2.24) is 4.90 Å². The SMILES string of the molecule is C#CCOc1ccc(C2=[C-]CC(Cl)C(=O)N2CC)c(C)c1.[Y]. The average molecular weight is 392 g/mol. The number of ether oxygens (including phenoxy) is 1. The number of aryl methyl sites for hydroxylation is 1. The molecule has 1 atom stereocenters. The van der Waals surface area contributed by atoms with Crippen LogP contribution in [-0.2, 0) is 37.5 Å². The fourth-order valence-electron chi connectivity index (χ4n) is 2.32. The van der Waals surface area contributed by atoms with Crippen molar-refractivity contribution >= 4 is 23.2 Å². The maximum absolute atomic E-state index is 12.1. The molecule has 0 saturated heterocycles. The molecule has 22 heavy (non-hydrogen) atoms. The van der Waals surface area contributed by atoms with Crippen LogP contribution < -0.4 is 4.74 Å². The van der Waals surface area contributed by atoms with Crippen molar-refractivity contribution in [2.75, 3.05) is 13.2 Å². The first-order chi connectivity index (χ1) is 10.1. The fourth-order valence-corrected chi connectivity index (χ4v) is 2.51. The number of allylic oxidation sites excluding steroid dienone is 1. The van der Waals surface area contributed by atoms with Gasteiger partial charge in [-0.1, -0.05) is 19.3 Å². The van der Waals surface area contributed by atoms with E-state index in [4.69, 9.17) is 22.8 Å². The molecule has 113 valence electrons.